The van der Waals surface area contributed by atoms with Crippen LogP contribution in [0.15, 0.2) is 29.1 Å². The number of hydrogen-bond donors (Lipinski definition) is 5. The van der Waals surface area contributed by atoms with Crippen LogP contribution in [-0.4, -0.2) is 63.2 Å². The van der Waals surface area contributed by atoms with E-state index in [9.17, 15) is 24.6 Å². The van der Waals surface area contributed by atoms with E-state index in [-0.39, 0.29) is 23.8 Å². The number of aliphatic hydroxyl groups is 1. The van der Waals surface area contributed by atoms with Gasteiger partial charge < -0.3 is 31.1 Å². The second-order valence-electron chi connectivity index (χ2n) is 9.88. The average Bonchev–Trinajstić information content (AvgIpc) is 2.77. The van der Waals surface area contributed by atoms with E-state index in [0.29, 0.717) is 24.1 Å². The minimum Gasteiger partial charge on any atom is -0.508 e. The first-order chi connectivity index (χ1) is 15.9. The first-order valence-electron chi connectivity index (χ1n) is 11.5. The van der Waals surface area contributed by atoms with Crippen LogP contribution in [0.2, 0.25) is 0 Å². The Hall–Kier alpha value is -3.17. The Kier molecular flexibility index (Phi) is 5.81. The number of aromatic hydroxyl groups is 1. The number of aryl methyl sites for hydroxylation is 1. The number of amides is 2. The number of aromatic amines is 1. The second kappa shape index (κ2) is 8.25. The number of pyridine rings is 1. The number of phenolic OH excluding ortho intramolecular Hbond substituents is 1. The summed E-state index contributed by atoms with van der Waals surface area (Å²) < 4.78 is 0. The summed E-state index contributed by atoms with van der Waals surface area (Å²) in [4.78, 5) is 41.8. The van der Waals surface area contributed by atoms with E-state index < -0.39 is 34.4 Å². The molecule has 2 aromatic rings. The van der Waals surface area contributed by atoms with Crippen LogP contribution in [0, 0.1) is 6.92 Å². The molecule has 2 aliphatic rings. The maximum Gasteiger partial charge on any atom is 0.261 e. The quantitative estimate of drug-likeness (QED) is 0.441. The molecule has 4 rings (SSSR count). The maximum atomic E-state index is 12.9. The Bertz CT molecular complexity index is 1220. The van der Waals surface area contributed by atoms with E-state index in [0.717, 1.165) is 17.7 Å². The molecule has 2 amide bonds. The van der Waals surface area contributed by atoms with E-state index in [2.05, 4.69) is 15.2 Å². The lowest BCUT2D eigenvalue weighted by molar-refractivity contribution is -0.132. The molecule has 6 N–H and O–H groups in total. The highest BCUT2D eigenvalue weighted by Crippen LogP contribution is 2.53. The van der Waals surface area contributed by atoms with Crippen molar-refractivity contribution in [2.45, 2.75) is 63.1 Å². The van der Waals surface area contributed by atoms with Gasteiger partial charge in [-0.3, -0.25) is 14.4 Å². The van der Waals surface area contributed by atoms with Crippen molar-refractivity contribution in [2.75, 3.05) is 13.6 Å². The largest absolute Gasteiger partial charge is 0.508 e. The lowest BCUT2D eigenvalue weighted by Gasteiger charge is -2.59. The van der Waals surface area contributed by atoms with Crippen LogP contribution >= 0.6 is 0 Å². The number of likely N-dealkylation sites (N-methyl/N-ethyl adjacent to an activating group) is 1. The fraction of sp³-hybridized carbons (Fsp3) is 0.480. The van der Waals surface area contributed by atoms with Gasteiger partial charge in [0.2, 0.25) is 5.91 Å². The van der Waals surface area contributed by atoms with E-state index in [1.807, 2.05) is 27.0 Å². The van der Waals surface area contributed by atoms with Gasteiger partial charge in [0.15, 0.2) is 0 Å². The third-order valence-corrected chi connectivity index (χ3v) is 7.98. The normalized spacial score (nSPS) is 27.4. The number of fused-ring (bicyclic) bond motifs is 2. The Balaban J connectivity index is 1.85. The third-order valence-electron chi connectivity index (χ3n) is 7.98. The molecule has 9 heteroatoms. The number of nitrogens with one attached hydrogen (secondary N) is 2. The summed E-state index contributed by atoms with van der Waals surface area (Å²) in [5.74, 6) is -1.28. The molecule has 34 heavy (non-hydrogen) atoms. The Morgan fingerprint density at radius 1 is 1.29 bits per heavy atom. The fourth-order valence-corrected chi connectivity index (χ4v) is 5.72. The smallest absolute Gasteiger partial charge is 0.261 e. The summed E-state index contributed by atoms with van der Waals surface area (Å²) in [5.41, 5.74) is 5.72. The zero-order valence-corrected chi connectivity index (χ0v) is 19.9. The number of nitrogens with two attached hydrogens (primary N) is 1. The van der Waals surface area contributed by atoms with Crippen molar-refractivity contribution in [1.82, 2.24) is 15.2 Å². The number of nitrogens with zero attached hydrogens (tertiary/aromatic N) is 1. The number of aromatic nitrogens is 1. The van der Waals surface area contributed by atoms with Crippen molar-refractivity contribution in [3.63, 3.8) is 0 Å². The van der Waals surface area contributed by atoms with Gasteiger partial charge in [0.05, 0.1) is 5.60 Å². The van der Waals surface area contributed by atoms with Crippen LogP contribution < -0.4 is 16.6 Å². The summed E-state index contributed by atoms with van der Waals surface area (Å²) in [6, 6.07) is 5.54. The molecular weight excluding hydrogens is 436 g/mol. The molecule has 4 unspecified atom stereocenters. The van der Waals surface area contributed by atoms with Crippen LogP contribution in [0.1, 0.15) is 53.0 Å². The number of benzene rings is 1. The van der Waals surface area contributed by atoms with Gasteiger partial charge in [-0.2, -0.15) is 0 Å². The molecule has 1 aliphatic carbocycles. The van der Waals surface area contributed by atoms with Crippen LogP contribution in [0.25, 0.3) is 0 Å². The Labute approximate surface area is 198 Å². The van der Waals surface area contributed by atoms with Crippen LogP contribution in [-0.2, 0) is 23.1 Å². The molecule has 0 bridgehead atoms. The third kappa shape index (κ3) is 3.59. The zero-order chi connectivity index (χ0) is 25.0. The molecule has 0 spiro atoms. The number of primary amides is 1. The van der Waals surface area contributed by atoms with Crippen LogP contribution in [0.4, 0.5) is 0 Å². The number of carbonyl (C=O) groups excluding carboxylic acids is 2. The summed E-state index contributed by atoms with van der Waals surface area (Å²) in [5, 5.41) is 25.1. The van der Waals surface area contributed by atoms with Gasteiger partial charge in [0, 0.05) is 30.0 Å². The van der Waals surface area contributed by atoms with Crippen molar-refractivity contribution in [3.05, 3.63) is 62.6 Å². The van der Waals surface area contributed by atoms with Crippen LogP contribution in [0.5, 0.6) is 5.75 Å². The van der Waals surface area contributed by atoms with Crippen molar-refractivity contribution < 1.29 is 19.8 Å². The predicted octanol–water partition coefficient (Wildman–Crippen LogP) is 0.484. The fourth-order valence-electron chi connectivity index (χ4n) is 5.72. The molecule has 0 radical (unpaired) electrons. The molecule has 182 valence electrons. The van der Waals surface area contributed by atoms with Gasteiger partial charge in [0.1, 0.15) is 17.4 Å². The molecule has 9 nitrogen and oxygen atoms in total. The highest BCUT2D eigenvalue weighted by Gasteiger charge is 2.60. The first-order valence-corrected chi connectivity index (χ1v) is 11.5. The number of H-pyrrole nitrogens is 1. The van der Waals surface area contributed by atoms with Crippen molar-refractivity contribution in [1.29, 1.82) is 0 Å². The second-order valence-corrected chi connectivity index (χ2v) is 9.88. The highest BCUT2D eigenvalue weighted by molar-refractivity contribution is 5.97. The molecule has 1 aromatic carbocycles. The summed E-state index contributed by atoms with van der Waals surface area (Å²) in [6.45, 7) is 6.12. The van der Waals surface area contributed by atoms with Crippen molar-refractivity contribution in [3.8, 4) is 5.75 Å². The number of phenols is 1. The number of likely N-dealkylation sites (tertiary alicyclic amines) is 1. The monoisotopic (exact) mass is 468 g/mol. The van der Waals surface area contributed by atoms with Gasteiger partial charge in [-0.05, 0) is 75.7 Å². The van der Waals surface area contributed by atoms with E-state index in [1.54, 1.807) is 12.1 Å². The lowest BCUT2D eigenvalue weighted by atomic mass is 9.53. The summed E-state index contributed by atoms with van der Waals surface area (Å²) in [7, 11) is 1.97. The van der Waals surface area contributed by atoms with Crippen LogP contribution in [0.3, 0.4) is 0 Å². The zero-order valence-electron chi connectivity index (χ0n) is 19.9. The first kappa shape index (κ1) is 24.0. The minimum atomic E-state index is -1.22. The molecule has 2 heterocycles. The molecular formula is C25H32N4O5. The number of hydrogen-bond acceptors (Lipinski definition) is 6. The van der Waals surface area contributed by atoms with E-state index in [4.69, 9.17) is 5.73 Å². The molecule has 1 fully saturated rings. The Morgan fingerprint density at radius 3 is 2.68 bits per heavy atom. The molecule has 1 aromatic heterocycles. The number of carbonyl (C=O) groups is 2. The standard InChI is InChI=1S/C25H32N4O5/c1-13-5-6-17(30)10-19(13)24-7-8-29(4)15(3)25(24,34)11-16-9-18(23(33)28-20(16)12-24)22(32)27-14(2)21(26)31/h5-6,9-10,14-15,30,34H,7-8,11-12H2,1-4H3,(H2,26,31)(H,27,32)(H,28,33). The molecule has 4 atom stereocenters. The maximum absolute atomic E-state index is 12.9. The number of rotatable bonds is 4. The molecule has 1 saturated heterocycles. The van der Waals surface area contributed by atoms with Gasteiger partial charge in [-0.1, -0.05) is 6.07 Å². The summed E-state index contributed by atoms with van der Waals surface area (Å²) in [6.07, 6.45) is 1.20. The molecule has 0 saturated carbocycles. The van der Waals surface area contributed by atoms with E-state index in [1.165, 1.54) is 13.0 Å². The van der Waals surface area contributed by atoms with Gasteiger partial charge in [0.25, 0.3) is 11.5 Å². The van der Waals surface area contributed by atoms with Gasteiger partial charge in [-0.15, -0.1) is 0 Å². The van der Waals surface area contributed by atoms with Gasteiger partial charge in [-0.25, -0.2) is 0 Å². The topological polar surface area (TPSA) is 149 Å². The van der Waals surface area contributed by atoms with E-state index >= 15 is 0 Å². The highest BCUT2D eigenvalue weighted by atomic mass is 16.3. The number of piperidine rings is 1. The van der Waals surface area contributed by atoms with Crippen molar-refractivity contribution in [2.24, 2.45) is 5.73 Å². The van der Waals surface area contributed by atoms with Gasteiger partial charge >= 0.3 is 0 Å². The Morgan fingerprint density at radius 2 is 2.00 bits per heavy atom. The SMILES string of the molecule is Cc1ccc(O)cc1C12CCN(C)C(C)C1(O)Cc1cc(C(=O)NC(C)C(N)=O)c(=O)[nH]c1C2. The van der Waals surface area contributed by atoms with Crippen molar-refractivity contribution >= 4 is 11.8 Å². The summed E-state index contributed by atoms with van der Waals surface area (Å²) >= 11 is 0. The lowest BCUT2D eigenvalue weighted by Crippen LogP contribution is -2.70. The predicted molar refractivity (Wildman–Crippen MR) is 127 cm³/mol. The molecule has 1 aliphatic heterocycles. The minimum absolute atomic E-state index is 0.124. The average molecular weight is 469 g/mol.